The number of aryl methyl sites for hydroxylation is 2. The normalized spacial score (nSPS) is 12.2. The average molecular weight is 309 g/mol. The molecule has 20 heavy (non-hydrogen) atoms. The van der Waals surface area contributed by atoms with Crippen molar-refractivity contribution in [3.05, 3.63) is 63.7 Å². The van der Waals surface area contributed by atoms with Gasteiger partial charge >= 0.3 is 0 Å². The molecule has 1 nitrogen and oxygen atoms in total. The molecule has 0 bridgehead atoms. The largest absolute Gasteiger partial charge is 0.494 e. The molecular formula is C17H18Cl2O. The van der Waals surface area contributed by atoms with Gasteiger partial charge in [0.15, 0.2) is 0 Å². The topological polar surface area (TPSA) is 9.23 Å². The second-order valence-electron chi connectivity index (χ2n) is 4.84. The molecule has 0 aliphatic rings. The monoisotopic (exact) mass is 308 g/mol. The predicted octanol–water partition coefficient (Wildman–Crippen LogP) is 5.68. The molecule has 3 heteroatoms. The summed E-state index contributed by atoms with van der Waals surface area (Å²) in [6.07, 6.45) is 0. The molecular weight excluding hydrogens is 291 g/mol. The van der Waals surface area contributed by atoms with E-state index in [9.17, 15) is 0 Å². The minimum atomic E-state index is -0.242. The Balaban J connectivity index is 2.46. The van der Waals surface area contributed by atoms with Crippen molar-refractivity contribution >= 4 is 23.2 Å². The van der Waals surface area contributed by atoms with Crippen molar-refractivity contribution in [2.45, 2.75) is 26.1 Å². The van der Waals surface area contributed by atoms with Crippen molar-refractivity contribution in [1.82, 2.24) is 0 Å². The van der Waals surface area contributed by atoms with E-state index >= 15 is 0 Å². The first-order valence-electron chi connectivity index (χ1n) is 6.66. The summed E-state index contributed by atoms with van der Waals surface area (Å²) in [5, 5.41) is 0.484. The van der Waals surface area contributed by atoms with Gasteiger partial charge in [0.1, 0.15) is 5.75 Å². The van der Waals surface area contributed by atoms with E-state index < -0.39 is 0 Å². The minimum Gasteiger partial charge on any atom is -0.494 e. The smallest absolute Gasteiger partial charge is 0.124 e. The third-order valence-corrected chi connectivity index (χ3v) is 3.95. The Morgan fingerprint density at radius 1 is 1.05 bits per heavy atom. The first kappa shape index (κ1) is 15.2. The van der Waals surface area contributed by atoms with Crippen molar-refractivity contribution in [3.63, 3.8) is 0 Å². The first-order chi connectivity index (χ1) is 9.52. The summed E-state index contributed by atoms with van der Waals surface area (Å²) in [5.41, 5.74) is 4.31. The summed E-state index contributed by atoms with van der Waals surface area (Å²) >= 11 is 12.7. The maximum Gasteiger partial charge on any atom is 0.124 e. The highest BCUT2D eigenvalue weighted by atomic mass is 35.5. The summed E-state index contributed by atoms with van der Waals surface area (Å²) in [4.78, 5) is 0. The van der Waals surface area contributed by atoms with Gasteiger partial charge in [-0.15, -0.1) is 11.6 Å². The molecule has 0 heterocycles. The molecule has 0 aliphatic carbocycles. The summed E-state index contributed by atoms with van der Waals surface area (Å²) in [7, 11) is 0. The van der Waals surface area contributed by atoms with E-state index in [1.807, 2.05) is 44.2 Å². The van der Waals surface area contributed by atoms with Crippen molar-refractivity contribution in [2.24, 2.45) is 0 Å². The number of hydrogen-bond donors (Lipinski definition) is 0. The van der Waals surface area contributed by atoms with E-state index in [1.54, 1.807) is 0 Å². The van der Waals surface area contributed by atoms with Crippen LogP contribution in [0.1, 0.15) is 34.6 Å². The van der Waals surface area contributed by atoms with Gasteiger partial charge in [-0.1, -0.05) is 35.4 Å². The van der Waals surface area contributed by atoms with Crippen LogP contribution in [0.3, 0.4) is 0 Å². The zero-order valence-corrected chi connectivity index (χ0v) is 13.4. The Morgan fingerprint density at radius 3 is 2.45 bits per heavy atom. The van der Waals surface area contributed by atoms with E-state index in [0.29, 0.717) is 6.61 Å². The van der Waals surface area contributed by atoms with Crippen molar-refractivity contribution in [3.8, 4) is 5.75 Å². The third kappa shape index (κ3) is 3.28. The lowest BCUT2D eigenvalue weighted by Gasteiger charge is -2.18. The fraction of sp³-hybridized carbons (Fsp3) is 0.294. The van der Waals surface area contributed by atoms with Crippen molar-refractivity contribution in [1.29, 1.82) is 0 Å². The van der Waals surface area contributed by atoms with Crippen LogP contribution in [0.15, 0.2) is 36.4 Å². The van der Waals surface area contributed by atoms with Gasteiger partial charge in [0.25, 0.3) is 0 Å². The lowest BCUT2D eigenvalue weighted by Crippen LogP contribution is -2.02. The summed E-state index contributed by atoms with van der Waals surface area (Å²) in [5.74, 6) is 0.840. The molecule has 0 spiro atoms. The van der Waals surface area contributed by atoms with Gasteiger partial charge in [-0.2, -0.15) is 0 Å². The number of rotatable bonds is 4. The SMILES string of the molecule is CCOc1ccc(C)cc1C(Cl)c1ccc(Cl)cc1C. The fourth-order valence-electron chi connectivity index (χ4n) is 2.24. The molecule has 2 aromatic carbocycles. The van der Waals surface area contributed by atoms with E-state index in [-0.39, 0.29) is 5.38 Å². The Hall–Kier alpha value is -1.18. The van der Waals surface area contributed by atoms with Gasteiger partial charge in [0.2, 0.25) is 0 Å². The molecule has 0 fully saturated rings. The highest BCUT2D eigenvalue weighted by Crippen LogP contribution is 2.37. The summed E-state index contributed by atoms with van der Waals surface area (Å²) < 4.78 is 5.69. The standard InChI is InChI=1S/C17H18Cl2O/c1-4-20-16-8-5-11(2)9-15(16)17(19)14-7-6-13(18)10-12(14)3/h5-10,17H,4H2,1-3H3. The number of alkyl halides is 1. The van der Waals surface area contributed by atoms with E-state index in [4.69, 9.17) is 27.9 Å². The molecule has 0 saturated carbocycles. The first-order valence-corrected chi connectivity index (χ1v) is 7.47. The van der Waals surface area contributed by atoms with Crippen LogP contribution in [0.4, 0.5) is 0 Å². The van der Waals surface area contributed by atoms with Crippen LogP contribution >= 0.6 is 23.2 Å². The second-order valence-corrected chi connectivity index (χ2v) is 5.71. The Labute approximate surface area is 130 Å². The van der Waals surface area contributed by atoms with Gasteiger partial charge in [-0.25, -0.2) is 0 Å². The van der Waals surface area contributed by atoms with Gasteiger partial charge < -0.3 is 4.74 Å². The van der Waals surface area contributed by atoms with Crippen molar-refractivity contribution in [2.75, 3.05) is 6.61 Å². The van der Waals surface area contributed by atoms with Crippen LogP contribution in [0, 0.1) is 13.8 Å². The van der Waals surface area contributed by atoms with Crippen LogP contribution in [0.5, 0.6) is 5.75 Å². The third-order valence-electron chi connectivity index (χ3n) is 3.24. The number of halogens is 2. The zero-order valence-electron chi connectivity index (χ0n) is 11.9. The zero-order chi connectivity index (χ0) is 14.7. The molecule has 0 saturated heterocycles. The molecule has 0 radical (unpaired) electrons. The Kier molecular flexibility index (Phi) is 4.95. The van der Waals surface area contributed by atoms with Crippen molar-refractivity contribution < 1.29 is 4.74 Å². The quantitative estimate of drug-likeness (QED) is 0.660. The molecule has 1 unspecified atom stereocenters. The van der Waals surface area contributed by atoms with Crippen LogP contribution in [-0.4, -0.2) is 6.61 Å². The average Bonchev–Trinajstić information content (AvgIpc) is 2.40. The minimum absolute atomic E-state index is 0.242. The van der Waals surface area contributed by atoms with E-state index in [0.717, 1.165) is 27.5 Å². The Bertz CT molecular complexity index is 608. The van der Waals surface area contributed by atoms with Crippen LogP contribution in [0.2, 0.25) is 5.02 Å². The molecule has 1 atom stereocenters. The van der Waals surface area contributed by atoms with E-state index in [2.05, 4.69) is 13.0 Å². The summed E-state index contributed by atoms with van der Waals surface area (Å²) in [6, 6.07) is 11.9. The Morgan fingerprint density at radius 2 is 1.80 bits per heavy atom. The molecule has 0 amide bonds. The summed E-state index contributed by atoms with van der Waals surface area (Å²) in [6.45, 7) is 6.67. The number of ether oxygens (including phenoxy) is 1. The lowest BCUT2D eigenvalue weighted by atomic mass is 9.98. The second kappa shape index (κ2) is 6.51. The van der Waals surface area contributed by atoms with Crippen LogP contribution in [0.25, 0.3) is 0 Å². The molecule has 2 rings (SSSR count). The number of benzene rings is 2. The van der Waals surface area contributed by atoms with Gasteiger partial charge in [-0.3, -0.25) is 0 Å². The van der Waals surface area contributed by atoms with Crippen LogP contribution < -0.4 is 4.74 Å². The molecule has 2 aromatic rings. The molecule has 0 N–H and O–H groups in total. The maximum atomic E-state index is 6.68. The van der Waals surface area contributed by atoms with Gasteiger partial charge in [0, 0.05) is 10.6 Å². The van der Waals surface area contributed by atoms with Gasteiger partial charge in [-0.05, 0) is 50.1 Å². The van der Waals surface area contributed by atoms with Gasteiger partial charge in [0.05, 0.1) is 12.0 Å². The molecule has 0 aliphatic heterocycles. The molecule has 0 aromatic heterocycles. The maximum absolute atomic E-state index is 6.68. The highest BCUT2D eigenvalue weighted by Gasteiger charge is 2.18. The van der Waals surface area contributed by atoms with Crippen LogP contribution in [-0.2, 0) is 0 Å². The fourth-order valence-corrected chi connectivity index (χ4v) is 2.89. The lowest BCUT2D eigenvalue weighted by molar-refractivity contribution is 0.337. The van der Waals surface area contributed by atoms with E-state index in [1.165, 1.54) is 5.56 Å². The molecule has 106 valence electrons. The highest BCUT2D eigenvalue weighted by molar-refractivity contribution is 6.30. The predicted molar refractivity (Wildman–Crippen MR) is 86.2 cm³/mol. The number of hydrogen-bond acceptors (Lipinski definition) is 1.